The molecule has 0 bridgehead atoms. The molecule has 3 aromatic rings. The van der Waals surface area contributed by atoms with E-state index in [1.807, 2.05) is 18.2 Å². The van der Waals surface area contributed by atoms with Gasteiger partial charge in [0, 0.05) is 17.4 Å². The summed E-state index contributed by atoms with van der Waals surface area (Å²) in [5, 5.41) is 4.25. The van der Waals surface area contributed by atoms with Crippen LogP contribution in [-0.2, 0) is 0 Å². The molecule has 1 saturated heterocycles. The largest absolute Gasteiger partial charge is 0.440 e. The van der Waals surface area contributed by atoms with Gasteiger partial charge in [-0.15, -0.1) is 0 Å². The molecule has 3 heterocycles. The standard InChI is InChI=1S/C21H28N4O2/c1-13(2)19-22-17-15(7-6-8-16(17)26-19)18-23-20(27-24-18)14-9-11-25(12-10-14)21(3,4)5/h6-8,13-14H,9-12H2,1-5H3. The van der Waals surface area contributed by atoms with Gasteiger partial charge in [-0.25, -0.2) is 4.98 Å². The lowest BCUT2D eigenvalue weighted by molar-refractivity contribution is 0.0961. The lowest BCUT2D eigenvalue weighted by Crippen LogP contribution is -2.45. The van der Waals surface area contributed by atoms with E-state index in [0.29, 0.717) is 11.7 Å². The first-order valence-corrected chi connectivity index (χ1v) is 9.81. The number of rotatable bonds is 3. The molecule has 1 aliphatic heterocycles. The summed E-state index contributed by atoms with van der Waals surface area (Å²) in [6.07, 6.45) is 2.09. The normalized spacial score (nSPS) is 17.3. The Morgan fingerprint density at radius 2 is 1.85 bits per heavy atom. The van der Waals surface area contributed by atoms with Crippen LogP contribution >= 0.6 is 0 Å². The van der Waals surface area contributed by atoms with Crippen LogP contribution in [-0.4, -0.2) is 38.7 Å². The van der Waals surface area contributed by atoms with Gasteiger partial charge in [-0.3, -0.25) is 4.90 Å². The van der Waals surface area contributed by atoms with Crippen molar-refractivity contribution in [1.29, 1.82) is 0 Å². The number of aromatic nitrogens is 3. The molecule has 0 atom stereocenters. The second-order valence-electron chi connectivity index (χ2n) is 8.75. The quantitative estimate of drug-likeness (QED) is 0.649. The van der Waals surface area contributed by atoms with Gasteiger partial charge in [0.15, 0.2) is 11.5 Å². The third kappa shape index (κ3) is 3.50. The Bertz CT molecular complexity index is 927. The molecule has 1 fully saturated rings. The van der Waals surface area contributed by atoms with Crippen molar-refractivity contribution in [2.75, 3.05) is 13.1 Å². The van der Waals surface area contributed by atoms with E-state index in [2.05, 4.69) is 49.7 Å². The van der Waals surface area contributed by atoms with Gasteiger partial charge in [0.2, 0.25) is 11.7 Å². The Balaban J connectivity index is 1.58. The number of oxazole rings is 1. The summed E-state index contributed by atoms with van der Waals surface area (Å²) in [5.41, 5.74) is 2.64. The highest BCUT2D eigenvalue weighted by Gasteiger charge is 2.30. The summed E-state index contributed by atoms with van der Waals surface area (Å²) in [6, 6.07) is 5.86. The van der Waals surface area contributed by atoms with Crippen molar-refractivity contribution in [2.45, 2.75) is 64.8 Å². The fraction of sp³-hybridized carbons (Fsp3) is 0.571. The molecule has 0 amide bonds. The second kappa shape index (κ2) is 6.75. The van der Waals surface area contributed by atoms with Gasteiger partial charge in [-0.2, -0.15) is 4.98 Å². The zero-order valence-electron chi connectivity index (χ0n) is 16.8. The van der Waals surface area contributed by atoms with Crippen molar-refractivity contribution in [2.24, 2.45) is 0 Å². The average Bonchev–Trinajstić information content (AvgIpc) is 3.28. The van der Waals surface area contributed by atoms with Crippen molar-refractivity contribution in [3.63, 3.8) is 0 Å². The predicted molar refractivity (Wildman–Crippen MR) is 105 cm³/mol. The maximum Gasteiger partial charge on any atom is 0.230 e. The van der Waals surface area contributed by atoms with Gasteiger partial charge in [-0.05, 0) is 58.8 Å². The molecule has 144 valence electrons. The molecule has 0 radical (unpaired) electrons. The highest BCUT2D eigenvalue weighted by atomic mass is 16.5. The van der Waals surface area contributed by atoms with Crippen molar-refractivity contribution in [1.82, 2.24) is 20.0 Å². The Morgan fingerprint density at radius 3 is 2.52 bits per heavy atom. The first-order chi connectivity index (χ1) is 12.8. The van der Waals surface area contributed by atoms with Gasteiger partial charge in [0.25, 0.3) is 0 Å². The first kappa shape index (κ1) is 18.2. The molecule has 2 aromatic heterocycles. The van der Waals surface area contributed by atoms with Crippen LogP contribution in [0.1, 0.15) is 71.1 Å². The van der Waals surface area contributed by atoms with E-state index in [1.54, 1.807) is 0 Å². The predicted octanol–water partition coefficient (Wildman–Crippen LogP) is 4.98. The minimum absolute atomic E-state index is 0.210. The fourth-order valence-corrected chi connectivity index (χ4v) is 3.70. The van der Waals surface area contributed by atoms with Crippen molar-refractivity contribution >= 4 is 11.1 Å². The van der Waals surface area contributed by atoms with Gasteiger partial charge < -0.3 is 8.94 Å². The molecule has 0 spiro atoms. The van der Waals surface area contributed by atoms with E-state index in [9.17, 15) is 0 Å². The summed E-state index contributed by atoms with van der Waals surface area (Å²) in [5.74, 6) is 2.63. The monoisotopic (exact) mass is 368 g/mol. The van der Waals surface area contributed by atoms with E-state index >= 15 is 0 Å². The van der Waals surface area contributed by atoms with E-state index in [1.165, 1.54) is 0 Å². The molecule has 4 rings (SSSR count). The van der Waals surface area contributed by atoms with Crippen LogP contribution in [0, 0.1) is 0 Å². The van der Waals surface area contributed by atoms with Crippen molar-refractivity contribution in [3.05, 3.63) is 30.0 Å². The summed E-state index contributed by atoms with van der Waals surface area (Å²) < 4.78 is 11.5. The summed E-state index contributed by atoms with van der Waals surface area (Å²) in [4.78, 5) is 11.9. The Hall–Kier alpha value is -2.21. The number of hydrogen-bond donors (Lipinski definition) is 0. The van der Waals surface area contributed by atoms with E-state index in [-0.39, 0.29) is 11.5 Å². The van der Waals surface area contributed by atoms with Gasteiger partial charge in [0.1, 0.15) is 5.52 Å². The third-order valence-corrected chi connectivity index (χ3v) is 5.40. The average molecular weight is 368 g/mol. The molecule has 0 unspecified atom stereocenters. The molecule has 6 heteroatoms. The van der Waals surface area contributed by atoms with Crippen molar-refractivity contribution < 1.29 is 8.94 Å². The number of hydrogen-bond acceptors (Lipinski definition) is 6. The minimum atomic E-state index is 0.210. The number of nitrogens with zero attached hydrogens (tertiary/aromatic N) is 4. The second-order valence-corrected chi connectivity index (χ2v) is 8.75. The van der Waals surface area contributed by atoms with Crippen molar-refractivity contribution in [3.8, 4) is 11.4 Å². The lowest BCUT2D eigenvalue weighted by Gasteiger charge is -2.40. The van der Waals surface area contributed by atoms with Crippen LogP contribution in [0.3, 0.4) is 0 Å². The van der Waals surface area contributed by atoms with Crippen LogP contribution in [0.15, 0.2) is 27.1 Å². The Kier molecular flexibility index (Phi) is 4.54. The molecule has 0 N–H and O–H groups in total. The molecule has 1 aromatic carbocycles. The minimum Gasteiger partial charge on any atom is -0.440 e. The molecule has 6 nitrogen and oxygen atoms in total. The van der Waals surface area contributed by atoms with E-state index in [0.717, 1.165) is 54.4 Å². The molecular weight excluding hydrogens is 340 g/mol. The van der Waals surface area contributed by atoms with Crippen LogP contribution < -0.4 is 0 Å². The topological polar surface area (TPSA) is 68.2 Å². The lowest BCUT2D eigenvalue weighted by atomic mass is 9.93. The highest BCUT2D eigenvalue weighted by molar-refractivity contribution is 5.88. The highest BCUT2D eigenvalue weighted by Crippen LogP contribution is 2.33. The first-order valence-electron chi connectivity index (χ1n) is 9.81. The SMILES string of the molecule is CC(C)c1nc2c(-c3noc(C4CCN(C(C)(C)C)CC4)n3)cccc2o1. The number of benzene rings is 1. The van der Waals surface area contributed by atoms with E-state index < -0.39 is 0 Å². The smallest absolute Gasteiger partial charge is 0.230 e. The van der Waals surface area contributed by atoms with Crippen LogP contribution in [0.4, 0.5) is 0 Å². The summed E-state index contributed by atoms with van der Waals surface area (Å²) in [6.45, 7) is 13.1. The van der Waals surface area contributed by atoms with Gasteiger partial charge in [-0.1, -0.05) is 25.1 Å². The van der Waals surface area contributed by atoms with Gasteiger partial charge in [0.05, 0.1) is 5.56 Å². The van der Waals surface area contributed by atoms with Gasteiger partial charge >= 0.3 is 0 Å². The zero-order chi connectivity index (χ0) is 19.2. The fourth-order valence-electron chi connectivity index (χ4n) is 3.70. The summed E-state index contributed by atoms with van der Waals surface area (Å²) >= 11 is 0. The van der Waals surface area contributed by atoms with Crippen LogP contribution in [0.5, 0.6) is 0 Å². The molecule has 0 saturated carbocycles. The molecular formula is C21H28N4O2. The van der Waals surface area contributed by atoms with Crippen LogP contribution in [0.2, 0.25) is 0 Å². The number of likely N-dealkylation sites (tertiary alicyclic amines) is 1. The molecule has 0 aliphatic carbocycles. The molecule has 27 heavy (non-hydrogen) atoms. The Labute approximate surface area is 160 Å². The summed E-state index contributed by atoms with van der Waals surface area (Å²) in [7, 11) is 0. The molecule has 1 aliphatic rings. The Morgan fingerprint density at radius 1 is 1.11 bits per heavy atom. The number of piperidine rings is 1. The number of fused-ring (bicyclic) bond motifs is 1. The third-order valence-electron chi connectivity index (χ3n) is 5.40. The van der Waals surface area contributed by atoms with E-state index in [4.69, 9.17) is 13.9 Å². The van der Waals surface area contributed by atoms with Crippen LogP contribution in [0.25, 0.3) is 22.5 Å². The maximum atomic E-state index is 5.86. The maximum absolute atomic E-state index is 5.86. The zero-order valence-corrected chi connectivity index (χ0v) is 16.8. The number of para-hydroxylation sites is 1.